The number of urea groups is 1. The number of benzene rings is 1. The molecule has 2 amide bonds. The highest BCUT2D eigenvalue weighted by molar-refractivity contribution is 6.30. The lowest BCUT2D eigenvalue weighted by atomic mass is 9.98. The molecule has 1 unspecified atom stereocenters. The zero-order chi connectivity index (χ0) is 13.7. The molecule has 20 heavy (non-hydrogen) atoms. The molecular weight excluding hydrogens is 278 g/mol. The first kappa shape index (κ1) is 11.5. The first-order valence-electron chi connectivity index (χ1n) is 6.23. The average molecular weight is 288 g/mol. The fraction of sp³-hybridized carbons (Fsp3) is 0.143. The lowest BCUT2D eigenvalue weighted by Gasteiger charge is -2.29. The van der Waals surface area contributed by atoms with Crippen molar-refractivity contribution < 1.29 is 9.21 Å². The summed E-state index contributed by atoms with van der Waals surface area (Å²) >= 11 is 6.05. The van der Waals surface area contributed by atoms with Gasteiger partial charge in [-0.25, -0.2) is 9.80 Å². The minimum Gasteiger partial charge on any atom is -0.463 e. The molecule has 2 aliphatic heterocycles. The lowest BCUT2D eigenvalue weighted by molar-refractivity contribution is 0.197. The van der Waals surface area contributed by atoms with E-state index in [0.717, 1.165) is 17.0 Å². The van der Waals surface area contributed by atoms with E-state index in [1.807, 2.05) is 18.2 Å². The van der Waals surface area contributed by atoms with Crippen LogP contribution in [-0.2, 0) is 0 Å². The third-order valence-corrected chi connectivity index (χ3v) is 3.77. The van der Waals surface area contributed by atoms with Gasteiger partial charge in [0.25, 0.3) is 0 Å². The van der Waals surface area contributed by atoms with Gasteiger partial charge in [-0.2, -0.15) is 5.10 Å². The van der Waals surface area contributed by atoms with Crippen LogP contribution < -0.4 is 5.32 Å². The Morgan fingerprint density at radius 3 is 3.10 bits per heavy atom. The summed E-state index contributed by atoms with van der Waals surface area (Å²) in [6.45, 7) is 0. The van der Waals surface area contributed by atoms with Crippen LogP contribution in [0.5, 0.6) is 0 Å². The number of anilines is 1. The zero-order valence-corrected chi connectivity index (χ0v) is 11.1. The van der Waals surface area contributed by atoms with Gasteiger partial charge in [0.2, 0.25) is 0 Å². The molecule has 4 rings (SSSR count). The number of nitrogens with one attached hydrogen (secondary N) is 1. The number of halogens is 1. The summed E-state index contributed by atoms with van der Waals surface area (Å²) in [6, 6.07) is 8.74. The molecule has 5 nitrogen and oxygen atoms in total. The summed E-state index contributed by atoms with van der Waals surface area (Å²) in [5, 5.41) is 9.28. The monoisotopic (exact) mass is 287 g/mol. The molecular formula is C14H10ClN3O2. The van der Waals surface area contributed by atoms with Crippen molar-refractivity contribution >= 4 is 29.0 Å². The number of hydrogen-bond donors (Lipinski definition) is 1. The Hall–Kier alpha value is -2.27. The molecule has 0 fully saturated rings. The third kappa shape index (κ3) is 1.63. The lowest BCUT2D eigenvalue weighted by Crippen LogP contribution is -2.36. The molecule has 6 heteroatoms. The summed E-state index contributed by atoms with van der Waals surface area (Å²) in [5.41, 5.74) is 2.53. The van der Waals surface area contributed by atoms with E-state index in [2.05, 4.69) is 10.4 Å². The van der Waals surface area contributed by atoms with Gasteiger partial charge in [0.05, 0.1) is 12.3 Å². The molecule has 1 aromatic heterocycles. The molecule has 0 bridgehead atoms. The van der Waals surface area contributed by atoms with E-state index in [0.29, 0.717) is 17.2 Å². The van der Waals surface area contributed by atoms with Crippen molar-refractivity contribution in [1.29, 1.82) is 0 Å². The molecule has 2 aliphatic rings. The number of furan rings is 1. The number of rotatable bonds is 1. The van der Waals surface area contributed by atoms with Crippen LogP contribution in [0.2, 0.25) is 5.02 Å². The number of nitrogens with zero attached hydrogens (tertiary/aromatic N) is 2. The second-order valence-electron chi connectivity index (χ2n) is 4.75. The zero-order valence-electron chi connectivity index (χ0n) is 10.3. The van der Waals surface area contributed by atoms with Gasteiger partial charge in [-0.3, -0.25) is 0 Å². The van der Waals surface area contributed by atoms with E-state index in [1.165, 1.54) is 5.01 Å². The molecule has 0 spiro atoms. The Labute approximate surface area is 119 Å². The van der Waals surface area contributed by atoms with Crippen LogP contribution in [0, 0.1) is 0 Å². The van der Waals surface area contributed by atoms with Crippen LogP contribution in [0.15, 0.2) is 46.1 Å². The third-order valence-electron chi connectivity index (χ3n) is 3.54. The maximum absolute atomic E-state index is 12.1. The van der Waals surface area contributed by atoms with Crippen LogP contribution in [-0.4, -0.2) is 16.8 Å². The van der Waals surface area contributed by atoms with Crippen molar-refractivity contribution in [2.45, 2.75) is 12.5 Å². The number of hydrazone groups is 1. The van der Waals surface area contributed by atoms with Crippen molar-refractivity contribution in [3.63, 3.8) is 0 Å². The Kier molecular flexibility index (Phi) is 2.37. The topological polar surface area (TPSA) is 57.8 Å². The first-order valence-corrected chi connectivity index (χ1v) is 6.61. The van der Waals surface area contributed by atoms with E-state index >= 15 is 0 Å². The fourth-order valence-electron chi connectivity index (χ4n) is 2.63. The summed E-state index contributed by atoms with van der Waals surface area (Å²) in [4.78, 5) is 12.1. The molecule has 2 aromatic rings. The number of amides is 2. The summed E-state index contributed by atoms with van der Waals surface area (Å²) in [5.74, 6) is 0.691. The van der Waals surface area contributed by atoms with Gasteiger partial charge in [0, 0.05) is 22.7 Å². The van der Waals surface area contributed by atoms with Gasteiger partial charge in [-0.1, -0.05) is 11.6 Å². The van der Waals surface area contributed by atoms with E-state index in [4.69, 9.17) is 16.0 Å². The quantitative estimate of drug-likeness (QED) is 0.870. The van der Waals surface area contributed by atoms with Crippen LogP contribution in [0.3, 0.4) is 0 Å². The van der Waals surface area contributed by atoms with E-state index in [1.54, 1.807) is 18.4 Å². The average Bonchev–Trinajstić information content (AvgIpc) is 3.08. The normalized spacial score (nSPS) is 20.2. The minimum absolute atomic E-state index is 0.127. The maximum atomic E-state index is 12.1. The molecule has 3 heterocycles. The van der Waals surface area contributed by atoms with Crippen molar-refractivity contribution in [2.24, 2.45) is 5.10 Å². The molecule has 0 saturated carbocycles. The highest BCUT2D eigenvalue weighted by atomic mass is 35.5. The number of carbonyl (C=O) groups is 1. The van der Waals surface area contributed by atoms with Crippen molar-refractivity contribution in [3.05, 3.63) is 52.9 Å². The van der Waals surface area contributed by atoms with Crippen molar-refractivity contribution in [3.8, 4) is 0 Å². The van der Waals surface area contributed by atoms with Gasteiger partial charge in [-0.05, 0) is 30.3 Å². The summed E-state index contributed by atoms with van der Waals surface area (Å²) in [6.07, 6.45) is 2.22. The molecule has 1 N–H and O–H groups in total. The SMILES string of the molecule is O=C1Nc2ccc(Cl)cc2C2CC(c3ccco3)=NN12. The van der Waals surface area contributed by atoms with Gasteiger partial charge in [0.15, 0.2) is 0 Å². The summed E-state index contributed by atoms with van der Waals surface area (Å²) in [7, 11) is 0. The van der Waals surface area contributed by atoms with Crippen LogP contribution in [0.1, 0.15) is 23.8 Å². The van der Waals surface area contributed by atoms with Gasteiger partial charge >= 0.3 is 6.03 Å². The number of carbonyl (C=O) groups excluding carboxylic acids is 1. The molecule has 100 valence electrons. The molecule has 0 aliphatic carbocycles. The highest BCUT2D eigenvalue weighted by Crippen LogP contribution is 2.41. The molecule has 1 atom stereocenters. The van der Waals surface area contributed by atoms with Gasteiger partial charge in [0.1, 0.15) is 11.5 Å². The first-order chi connectivity index (χ1) is 9.72. The van der Waals surface area contributed by atoms with Gasteiger partial charge in [-0.15, -0.1) is 0 Å². The molecule has 0 radical (unpaired) electrons. The Bertz CT molecular complexity index is 724. The minimum atomic E-state index is -0.230. The highest BCUT2D eigenvalue weighted by Gasteiger charge is 2.38. The van der Waals surface area contributed by atoms with Crippen molar-refractivity contribution in [2.75, 3.05) is 5.32 Å². The Morgan fingerprint density at radius 1 is 1.40 bits per heavy atom. The Morgan fingerprint density at radius 2 is 2.30 bits per heavy atom. The largest absolute Gasteiger partial charge is 0.463 e. The van der Waals surface area contributed by atoms with Crippen molar-refractivity contribution in [1.82, 2.24) is 5.01 Å². The smallest absolute Gasteiger partial charge is 0.342 e. The predicted octanol–water partition coefficient (Wildman–Crippen LogP) is 3.63. The second kappa shape index (κ2) is 4.11. The summed E-state index contributed by atoms with van der Waals surface area (Å²) < 4.78 is 5.36. The van der Waals surface area contributed by atoms with E-state index < -0.39 is 0 Å². The number of fused-ring (bicyclic) bond motifs is 3. The molecule has 1 aromatic carbocycles. The standard InChI is InChI=1S/C14H10ClN3O2/c15-8-3-4-10-9(6-8)12-7-11(13-2-1-5-20-13)17-18(12)14(19)16-10/h1-6,12H,7H2,(H,16,19). The number of hydrogen-bond acceptors (Lipinski definition) is 3. The van der Waals surface area contributed by atoms with E-state index in [-0.39, 0.29) is 12.1 Å². The maximum Gasteiger partial charge on any atom is 0.342 e. The van der Waals surface area contributed by atoms with Gasteiger partial charge < -0.3 is 9.73 Å². The fourth-order valence-corrected chi connectivity index (χ4v) is 2.81. The van der Waals surface area contributed by atoms with Crippen LogP contribution >= 0.6 is 11.6 Å². The molecule has 0 saturated heterocycles. The van der Waals surface area contributed by atoms with Crippen LogP contribution in [0.4, 0.5) is 10.5 Å². The van der Waals surface area contributed by atoms with Crippen LogP contribution in [0.25, 0.3) is 0 Å². The van der Waals surface area contributed by atoms with E-state index in [9.17, 15) is 4.79 Å². The second-order valence-corrected chi connectivity index (χ2v) is 5.19. The Balaban J connectivity index is 1.78. The predicted molar refractivity (Wildman–Crippen MR) is 74.9 cm³/mol.